The zero-order chi connectivity index (χ0) is 28.1. The van der Waals surface area contributed by atoms with Crippen LogP contribution >= 0.6 is 23.4 Å². The number of nitrogens with two attached hydrogens (primary N) is 1. The maximum atomic E-state index is 12.9. The minimum atomic E-state index is -0.759. The van der Waals surface area contributed by atoms with Crippen molar-refractivity contribution in [3.8, 4) is 11.5 Å². The molecule has 10 nitrogen and oxygen atoms in total. The number of rotatable bonds is 9. The van der Waals surface area contributed by atoms with E-state index in [1.54, 1.807) is 18.2 Å². The molecule has 0 radical (unpaired) electrons. The Balaban J connectivity index is 1.35. The highest BCUT2D eigenvalue weighted by Gasteiger charge is 2.40. The monoisotopic (exact) mass is 569 g/mol. The van der Waals surface area contributed by atoms with Gasteiger partial charge in [-0.1, -0.05) is 17.7 Å². The Hall–Kier alpha value is -4.22. The molecule has 1 saturated heterocycles. The van der Waals surface area contributed by atoms with Gasteiger partial charge in [-0.25, -0.2) is 9.69 Å². The molecule has 1 unspecified atom stereocenters. The van der Waals surface area contributed by atoms with Gasteiger partial charge in [0.2, 0.25) is 11.8 Å². The molecule has 0 spiro atoms. The zero-order valence-electron chi connectivity index (χ0n) is 20.9. The van der Waals surface area contributed by atoms with E-state index in [9.17, 15) is 19.2 Å². The fraction of sp³-hybridized carbons (Fsp3) is 0.185. The Bertz CT molecular complexity index is 1430. The van der Waals surface area contributed by atoms with Crippen LogP contribution in [0.4, 0.5) is 17.1 Å². The number of nitrogens with one attached hydrogen (secondary N) is 1. The zero-order valence-corrected chi connectivity index (χ0v) is 22.5. The molecule has 3 N–H and O–H groups in total. The van der Waals surface area contributed by atoms with Crippen LogP contribution in [0, 0.1) is 0 Å². The number of benzene rings is 3. The van der Waals surface area contributed by atoms with Gasteiger partial charge in [-0.15, -0.1) is 11.8 Å². The SMILES string of the molecule is COc1cc(OC)c(NC(=O)COC(=O)c2ccc(N3C(=O)CC(Sc4cccc(N)c4)C3=O)cc2)cc1Cl. The summed E-state index contributed by atoms with van der Waals surface area (Å²) in [7, 11) is 2.87. The Kier molecular flexibility index (Phi) is 8.62. The Morgan fingerprint density at radius 1 is 1.05 bits per heavy atom. The van der Waals surface area contributed by atoms with E-state index in [1.165, 1.54) is 62.4 Å². The second-order valence-corrected chi connectivity index (χ2v) is 9.99. The summed E-state index contributed by atoms with van der Waals surface area (Å²) >= 11 is 7.38. The van der Waals surface area contributed by atoms with Gasteiger partial charge in [0.1, 0.15) is 11.5 Å². The average molecular weight is 570 g/mol. The molecule has 3 amide bonds. The molecule has 3 aromatic rings. The molecular formula is C27H24ClN3O7S. The minimum absolute atomic E-state index is 0.0431. The molecule has 202 valence electrons. The molecule has 0 bridgehead atoms. The highest BCUT2D eigenvalue weighted by Crippen LogP contribution is 2.36. The number of imide groups is 1. The third-order valence-corrected chi connectivity index (χ3v) is 7.16. The lowest BCUT2D eigenvalue weighted by molar-refractivity contribution is -0.121. The summed E-state index contributed by atoms with van der Waals surface area (Å²) in [6, 6.07) is 15.8. The van der Waals surface area contributed by atoms with Gasteiger partial charge < -0.3 is 25.3 Å². The van der Waals surface area contributed by atoms with E-state index in [0.717, 1.165) is 9.80 Å². The van der Waals surface area contributed by atoms with Crippen molar-refractivity contribution in [2.24, 2.45) is 0 Å². The summed E-state index contributed by atoms with van der Waals surface area (Å²) in [4.78, 5) is 52.3. The van der Waals surface area contributed by atoms with Gasteiger partial charge in [-0.3, -0.25) is 14.4 Å². The summed E-state index contributed by atoms with van der Waals surface area (Å²) < 4.78 is 15.5. The quantitative estimate of drug-likeness (QED) is 0.221. The molecule has 4 rings (SSSR count). The van der Waals surface area contributed by atoms with Crippen molar-refractivity contribution < 1.29 is 33.4 Å². The first kappa shape index (κ1) is 27.8. The van der Waals surface area contributed by atoms with Crippen molar-refractivity contribution in [2.75, 3.05) is 36.8 Å². The van der Waals surface area contributed by atoms with Crippen LogP contribution in [0.1, 0.15) is 16.8 Å². The number of halogens is 1. The van der Waals surface area contributed by atoms with Crippen molar-refractivity contribution in [2.45, 2.75) is 16.6 Å². The number of hydrogen-bond donors (Lipinski definition) is 2. The first-order chi connectivity index (χ1) is 18.7. The van der Waals surface area contributed by atoms with Crippen LogP contribution in [0.3, 0.4) is 0 Å². The second kappa shape index (κ2) is 12.1. The molecule has 3 aromatic carbocycles. The fourth-order valence-corrected chi connectivity index (χ4v) is 5.19. The number of amides is 3. The molecule has 12 heteroatoms. The molecule has 1 heterocycles. The lowest BCUT2D eigenvalue weighted by Crippen LogP contribution is -2.31. The van der Waals surface area contributed by atoms with Gasteiger partial charge in [0.25, 0.3) is 5.91 Å². The molecule has 1 atom stereocenters. The van der Waals surface area contributed by atoms with Crippen LogP contribution in [0.5, 0.6) is 11.5 Å². The lowest BCUT2D eigenvalue weighted by atomic mass is 10.2. The average Bonchev–Trinajstić information content (AvgIpc) is 3.19. The number of carbonyl (C=O) groups excluding carboxylic acids is 4. The third-order valence-electron chi connectivity index (χ3n) is 5.69. The number of nitrogen functional groups attached to an aromatic ring is 1. The molecule has 39 heavy (non-hydrogen) atoms. The number of esters is 1. The first-order valence-electron chi connectivity index (χ1n) is 11.6. The van der Waals surface area contributed by atoms with E-state index in [4.69, 9.17) is 31.5 Å². The van der Waals surface area contributed by atoms with Gasteiger partial charge in [0.05, 0.1) is 41.4 Å². The van der Waals surface area contributed by atoms with Gasteiger partial charge in [-0.05, 0) is 48.5 Å². The maximum absolute atomic E-state index is 12.9. The van der Waals surface area contributed by atoms with Gasteiger partial charge >= 0.3 is 5.97 Å². The van der Waals surface area contributed by atoms with E-state index < -0.39 is 23.7 Å². The van der Waals surface area contributed by atoms with Crippen molar-refractivity contribution >= 4 is 64.1 Å². The Morgan fingerprint density at radius 3 is 2.44 bits per heavy atom. The van der Waals surface area contributed by atoms with Crippen LogP contribution in [0.2, 0.25) is 5.02 Å². The topological polar surface area (TPSA) is 137 Å². The predicted octanol–water partition coefficient (Wildman–Crippen LogP) is 4.16. The lowest BCUT2D eigenvalue weighted by Gasteiger charge is -2.15. The van der Waals surface area contributed by atoms with Crippen LogP contribution in [-0.4, -0.2) is 49.8 Å². The third kappa shape index (κ3) is 6.44. The summed E-state index contributed by atoms with van der Waals surface area (Å²) in [5.41, 5.74) is 7.12. The van der Waals surface area contributed by atoms with Crippen LogP contribution in [0.15, 0.2) is 65.6 Å². The molecule has 0 aliphatic carbocycles. The van der Waals surface area contributed by atoms with Crippen LogP contribution < -0.4 is 25.4 Å². The number of ether oxygens (including phenoxy) is 3. The van der Waals surface area contributed by atoms with Gasteiger partial charge in [-0.2, -0.15) is 0 Å². The number of carbonyl (C=O) groups is 4. The summed E-state index contributed by atoms with van der Waals surface area (Å²) in [5.74, 6) is -1.39. The van der Waals surface area contributed by atoms with E-state index in [2.05, 4.69) is 5.32 Å². The van der Waals surface area contributed by atoms with Crippen molar-refractivity contribution in [1.29, 1.82) is 0 Å². The summed E-state index contributed by atoms with van der Waals surface area (Å²) in [6.07, 6.45) is 0.0431. The van der Waals surface area contributed by atoms with Crippen molar-refractivity contribution in [3.05, 3.63) is 71.2 Å². The molecule has 0 saturated carbocycles. The van der Waals surface area contributed by atoms with Crippen molar-refractivity contribution in [3.63, 3.8) is 0 Å². The summed E-state index contributed by atoms with van der Waals surface area (Å²) in [6.45, 7) is -0.570. The van der Waals surface area contributed by atoms with E-state index >= 15 is 0 Å². The van der Waals surface area contributed by atoms with Crippen LogP contribution in [-0.2, 0) is 19.1 Å². The summed E-state index contributed by atoms with van der Waals surface area (Å²) in [5, 5.41) is 2.25. The maximum Gasteiger partial charge on any atom is 0.338 e. The van der Waals surface area contributed by atoms with E-state index in [0.29, 0.717) is 22.9 Å². The Morgan fingerprint density at radius 2 is 1.77 bits per heavy atom. The Labute approximate surface area is 233 Å². The smallest absolute Gasteiger partial charge is 0.338 e. The molecule has 0 aromatic heterocycles. The van der Waals surface area contributed by atoms with E-state index in [1.807, 2.05) is 6.07 Å². The highest BCUT2D eigenvalue weighted by atomic mass is 35.5. The highest BCUT2D eigenvalue weighted by molar-refractivity contribution is 8.00. The number of methoxy groups -OCH3 is 2. The largest absolute Gasteiger partial charge is 0.495 e. The number of hydrogen-bond acceptors (Lipinski definition) is 9. The second-order valence-electron chi connectivity index (χ2n) is 8.31. The molecular weight excluding hydrogens is 546 g/mol. The standard InChI is InChI=1S/C27H24ClN3O7S/c1-36-21-12-22(37-2)20(11-19(21)28)30-24(32)14-38-27(35)15-6-8-17(9-7-15)31-25(33)13-23(26(31)34)39-18-5-3-4-16(29)10-18/h3-12,23H,13-14,29H2,1-2H3,(H,30,32). The van der Waals surface area contributed by atoms with E-state index in [-0.39, 0.29) is 34.5 Å². The predicted molar refractivity (Wildman–Crippen MR) is 148 cm³/mol. The molecule has 1 aliphatic heterocycles. The fourth-order valence-electron chi connectivity index (χ4n) is 3.82. The molecule has 1 fully saturated rings. The normalized spacial score (nSPS) is 14.7. The van der Waals surface area contributed by atoms with Crippen LogP contribution in [0.25, 0.3) is 0 Å². The number of nitrogens with zero attached hydrogens (tertiary/aromatic N) is 1. The minimum Gasteiger partial charge on any atom is -0.495 e. The first-order valence-corrected chi connectivity index (χ1v) is 12.8. The van der Waals surface area contributed by atoms with Crippen molar-refractivity contribution in [1.82, 2.24) is 0 Å². The molecule has 1 aliphatic rings. The number of anilines is 3. The van der Waals surface area contributed by atoms with Gasteiger partial charge in [0, 0.05) is 23.1 Å². The van der Waals surface area contributed by atoms with Gasteiger partial charge in [0.15, 0.2) is 6.61 Å². The number of thioether (sulfide) groups is 1.